The lowest BCUT2D eigenvalue weighted by Gasteiger charge is -2.26. The molecule has 0 saturated heterocycles. The van der Waals surface area contributed by atoms with Gasteiger partial charge in [0.25, 0.3) is 0 Å². The quantitative estimate of drug-likeness (QED) is 0.893. The Kier molecular flexibility index (Phi) is 3.69. The summed E-state index contributed by atoms with van der Waals surface area (Å²) in [4.78, 5) is 12.5. The highest BCUT2D eigenvalue weighted by atomic mass is 32.1. The maximum Gasteiger partial charge on any atom is 0.240 e. The lowest BCUT2D eigenvalue weighted by molar-refractivity contribution is -0.122. The van der Waals surface area contributed by atoms with Crippen LogP contribution in [0.2, 0.25) is 0 Å². The van der Waals surface area contributed by atoms with E-state index in [4.69, 9.17) is 5.41 Å². The standard InChI is InChI=1S/C15H17N3OS/c16-15-18(8-9-20-15)10-14(19)17-13-7-3-5-11-4-1-2-6-12(11)13/h1-2,4,6,8-9,13,16H,3,5,7,10H2,(H,17,19). The molecule has 20 heavy (non-hydrogen) atoms. The van der Waals surface area contributed by atoms with Crippen molar-refractivity contribution in [2.45, 2.75) is 31.8 Å². The molecular formula is C15H17N3OS. The van der Waals surface area contributed by atoms with Crippen molar-refractivity contribution < 1.29 is 4.79 Å². The summed E-state index contributed by atoms with van der Waals surface area (Å²) in [5.74, 6) is -0.0244. The number of carbonyl (C=O) groups is 1. The molecule has 0 saturated carbocycles. The topological polar surface area (TPSA) is 57.9 Å². The lowest BCUT2D eigenvalue weighted by Crippen LogP contribution is -2.34. The molecule has 1 aliphatic rings. The van der Waals surface area contributed by atoms with Crippen molar-refractivity contribution in [2.75, 3.05) is 0 Å². The Morgan fingerprint density at radius 2 is 2.30 bits per heavy atom. The Morgan fingerprint density at radius 1 is 1.45 bits per heavy atom. The van der Waals surface area contributed by atoms with E-state index in [9.17, 15) is 4.79 Å². The number of thiazole rings is 1. The van der Waals surface area contributed by atoms with E-state index in [1.165, 1.54) is 22.5 Å². The molecule has 104 valence electrons. The van der Waals surface area contributed by atoms with Crippen LogP contribution in [0, 0.1) is 5.41 Å². The highest BCUT2D eigenvalue weighted by molar-refractivity contribution is 7.06. The molecule has 3 rings (SSSR count). The van der Waals surface area contributed by atoms with Crippen molar-refractivity contribution >= 4 is 17.2 Å². The zero-order chi connectivity index (χ0) is 13.9. The number of benzene rings is 1. The molecule has 1 atom stereocenters. The van der Waals surface area contributed by atoms with Gasteiger partial charge in [-0.2, -0.15) is 0 Å². The van der Waals surface area contributed by atoms with Crippen molar-refractivity contribution in [1.82, 2.24) is 9.88 Å². The van der Waals surface area contributed by atoms with Gasteiger partial charge in [0.05, 0.1) is 6.04 Å². The molecule has 2 N–H and O–H groups in total. The number of aromatic nitrogens is 1. The molecule has 0 spiro atoms. The van der Waals surface area contributed by atoms with E-state index in [0.29, 0.717) is 4.80 Å². The van der Waals surface area contributed by atoms with Crippen molar-refractivity contribution in [3.63, 3.8) is 0 Å². The van der Waals surface area contributed by atoms with Gasteiger partial charge in [0.15, 0.2) is 4.80 Å². The Hall–Kier alpha value is -1.88. The third kappa shape index (κ3) is 2.67. The smallest absolute Gasteiger partial charge is 0.240 e. The number of amides is 1. The van der Waals surface area contributed by atoms with E-state index in [1.807, 2.05) is 11.4 Å². The van der Waals surface area contributed by atoms with Crippen LogP contribution < -0.4 is 10.1 Å². The highest BCUT2D eigenvalue weighted by Crippen LogP contribution is 2.29. The third-order valence-corrected chi connectivity index (χ3v) is 4.42. The zero-order valence-electron chi connectivity index (χ0n) is 11.1. The number of nitrogens with zero attached hydrogens (tertiary/aromatic N) is 1. The van der Waals surface area contributed by atoms with Gasteiger partial charge >= 0.3 is 0 Å². The van der Waals surface area contributed by atoms with Gasteiger partial charge in [-0.05, 0) is 30.4 Å². The van der Waals surface area contributed by atoms with E-state index >= 15 is 0 Å². The van der Waals surface area contributed by atoms with Crippen LogP contribution in [-0.2, 0) is 17.8 Å². The normalized spacial score (nSPS) is 17.5. The Balaban J connectivity index is 1.71. The summed E-state index contributed by atoms with van der Waals surface area (Å²) in [5.41, 5.74) is 2.59. The summed E-state index contributed by atoms with van der Waals surface area (Å²) in [6.07, 6.45) is 4.97. The Labute approximate surface area is 121 Å². The number of hydrogen-bond acceptors (Lipinski definition) is 3. The molecule has 0 aliphatic heterocycles. The second kappa shape index (κ2) is 5.63. The van der Waals surface area contributed by atoms with Crippen LogP contribution in [0.4, 0.5) is 0 Å². The van der Waals surface area contributed by atoms with Gasteiger partial charge in [-0.3, -0.25) is 10.2 Å². The molecule has 1 unspecified atom stereocenters. The largest absolute Gasteiger partial charge is 0.348 e. The van der Waals surface area contributed by atoms with Crippen molar-refractivity contribution in [1.29, 1.82) is 5.41 Å². The van der Waals surface area contributed by atoms with Crippen molar-refractivity contribution in [3.05, 3.63) is 51.8 Å². The molecule has 5 heteroatoms. The van der Waals surface area contributed by atoms with Crippen LogP contribution in [0.5, 0.6) is 0 Å². The second-order valence-electron chi connectivity index (χ2n) is 5.05. The summed E-state index contributed by atoms with van der Waals surface area (Å²) in [6.45, 7) is 0.223. The first kappa shape index (κ1) is 13.1. The number of rotatable bonds is 3. The first-order valence-electron chi connectivity index (χ1n) is 6.80. The van der Waals surface area contributed by atoms with Gasteiger partial charge in [0.1, 0.15) is 6.54 Å². The number of aryl methyl sites for hydroxylation is 1. The second-order valence-corrected chi connectivity index (χ2v) is 5.94. The van der Waals surface area contributed by atoms with Crippen LogP contribution in [0.1, 0.15) is 30.0 Å². The lowest BCUT2D eigenvalue weighted by atomic mass is 9.88. The molecule has 0 bridgehead atoms. The van der Waals surface area contributed by atoms with E-state index in [0.717, 1.165) is 19.3 Å². The minimum atomic E-state index is -0.0244. The number of hydrogen-bond donors (Lipinski definition) is 2. The Morgan fingerprint density at radius 3 is 3.10 bits per heavy atom. The molecular weight excluding hydrogens is 270 g/mol. The van der Waals surface area contributed by atoms with Gasteiger partial charge in [-0.25, -0.2) is 0 Å². The fraction of sp³-hybridized carbons (Fsp3) is 0.333. The van der Waals surface area contributed by atoms with Crippen LogP contribution in [0.15, 0.2) is 35.8 Å². The van der Waals surface area contributed by atoms with E-state index in [1.54, 1.807) is 10.8 Å². The van der Waals surface area contributed by atoms with Gasteiger partial charge in [-0.1, -0.05) is 24.3 Å². The van der Waals surface area contributed by atoms with E-state index in [-0.39, 0.29) is 18.5 Å². The minimum absolute atomic E-state index is 0.0244. The number of fused-ring (bicyclic) bond motifs is 1. The maximum absolute atomic E-state index is 12.1. The molecule has 0 radical (unpaired) electrons. The van der Waals surface area contributed by atoms with Crippen molar-refractivity contribution in [3.8, 4) is 0 Å². The summed E-state index contributed by atoms with van der Waals surface area (Å²) >= 11 is 1.33. The Bertz CT molecular complexity index is 674. The first-order chi connectivity index (χ1) is 9.74. The highest BCUT2D eigenvalue weighted by Gasteiger charge is 2.21. The average molecular weight is 287 g/mol. The molecule has 4 nitrogen and oxygen atoms in total. The summed E-state index contributed by atoms with van der Waals surface area (Å²) < 4.78 is 1.66. The van der Waals surface area contributed by atoms with Gasteiger partial charge in [0, 0.05) is 11.6 Å². The number of carbonyl (C=O) groups excluding carboxylic acids is 1. The maximum atomic E-state index is 12.1. The fourth-order valence-corrected chi connectivity index (χ4v) is 3.32. The molecule has 1 amide bonds. The predicted octanol–water partition coefficient (Wildman–Crippen LogP) is 2.22. The average Bonchev–Trinajstić information content (AvgIpc) is 2.85. The third-order valence-electron chi connectivity index (χ3n) is 3.70. The van der Waals surface area contributed by atoms with Crippen LogP contribution >= 0.6 is 11.3 Å². The van der Waals surface area contributed by atoms with Gasteiger partial charge in [-0.15, -0.1) is 11.3 Å². The zero-order valence-corrected chi connectivity index (χ0v) is 12.0. The molecule has 2 aromatic rings. The van der Waals surface area contributed by atoms with E-state index < -0.39 is 0 Å². The van der Waals surface area contributed by atoms with Crippen LogP contribution in [0.25, 0.3) is 0 Å². The summed E-state index contributed by atoms with van der Waals surface area (Å²) in [6, 6.07) is 8.44. The molecule has 1 aromatic carbocycles. The van der Waals surface area contributed by atoms with Crippen molar-refractivity contribution in [2.24, 2.45) is 0 Å². The van der Waals surface area contributed by atoms with Gasteiger partial charge in [0.2, 0.25) is 5.91 Å². The molecule has 1 aliphatic carbocycles. The monoisotopic (exact) mass is 287 g/mol. The molecule has 0 fully saturated rings. The van der Waals surface area contributed by atoms with Crippen LogP contribution in [-0.4, -0.2) is 10.5 Å². The van der Waals surface area contributed by atoms with Gasteiger partial charge < -0.3 is 9.88 Å². The first-order valence-corrected chi connectivity index (χ1v) is 7.68. The summed E-state index contributed by atoms with van der Waals surface area (Å²) in [7, 11) is 0. The van der Waals surface area contributed by atoms with Crippen LogP contribution in [0.3, 0.4) is 0 Å². The molecule has 1 aromatic heterocycles. The molecule has 1 heterocycles. The minimum Gasteiger partial charge on any atom is -0.348 e. The fourth-order valence-electron chi connectivity index (χ4n) is 2.73. The SMILES string of the molecule is N=c1sccn1CC(=O)NC1CCCc2ccccc21. The summed E-state index contributed by atoms with van der Waals surface area (Å²) in [5, 5.41) is 12.6. The predicted molar refractivity (Wildman–Crippen MR) is 78.4 cm³/mol. The van der Waals surface area contributed by atoms with E-state index in [2.05, 4.69) is 23.5 Å². The number of nitrogens with one attached hydrogen (secondary N) is 2.